The van der Waals surface area contributed by atoms with E-state index in [1.165, 1.54) is 19.1 Å². The van der Waals surface area contributed by atoms with Gasteiger partial charge in [0.05, 0.1) is 96.8 Å². The van der Waals surface area contributed by atoms with E-state index in [0.717, 1.165) is 47.1 Å². The van der Waals surface area contributed by atoms with Gasteiger partial charge in [-0.2, -0.15) is 13.2 Å². The molecule has 0 aromatic heterocycles. The normalized spacial score (nSPS) is 13.5. The lowest BCUT2D eigenvalue weighted by Crippen LogP contribution is -2.38. The largest absolute Gasteiger partial charge is 0.478 e. The number of hydrogen-bond acceptors (Lipinski definition) is 9. The van der Waals surface area contributed by atoms with Crippen LogP contribution in [0.5, 0.6) is 0 Å². The van der Waals surface area contributed by atoms with Gasteiger partial charge in [0.2, 0.25) is 11.8 Å². The minimum absolute atomic E-state index is 0.0628. The molecule has 0 radical (unpaired) electrons. The van der Waals surface area contributed by atoms with Gasteiger partial charge in [-0.1, -0.05) is 48.5 Å². The summed E-state index contributed by atoms with van der Waals surface area (Å²) in [6.07, 6.45) is -2.48. The number of alkyl halides is 3. The van der Waals surface area contributed by atoms with Gasteiger partial charge in [0.1, 0.15) is 0 Å². The highest BCUT2D eigenvalue weighted by atomic mass is 19.4. The van der Waals surface area contributed by atoms with Gasteiger partial charge in [-0.05, 0) is 87.7 Å². The number of carboxylic acid groups (broad SMARTS) is 1. The SMILES string of the molecule is CC(=O)NCCOCCOCCOCCOCCOCCOCCC(=O)N1CCC(c2ccc(-c3cc(C(=O)O)cc4cc(-c5ccc(C(F)(F)F)cc5)ccc34)cc2)CC1. The van der Waals surface area contributed by atoms with Crippen molar-refractivity contribution in [3.63, 3.8) is 0 Å². The number of amides is 2. The summed E-state index contributed by atoms with van der Waals surface area (Å²) in [5.74, 6) is -0.813. The molecule has 5 rings (SSSR count). The van der Waals surface area contributed by atoms with E-state index in [1.54, 1.807) is 18.2 Å². The van der Waals surface area contributed by atoms with Gasteiger partial charge in [0.15, 0.2) is 0 Å². The number of piperidine rings is 1. The Morgan fingerprint density at radius 1 is 0.656 bits per heavy atom. The second-order valence-corrected chi connectivity index (χ2v) is 14.5. The van der Waals surface area contributed by atoms with E-state index < -0.39 is 17.7 Å². The lowest BCUT2D eigenvalue weighted by Gasteiger charge is -2.32. The third-order valence-corrected chi connectivity index (χ3v) is 10.2. The van der Waals surface area contributed by atoms with Crippen LogP contribution in [0.3, 0.4) is 0 Å². The van der Waals surface area contributed by atoms with E-state index in [9.17, 15) is 32.7 Å². The van der Waals surface area contributed by atoms with Crippen LogP contribution < -0.4 is 5.32 Å². The first-order valence-corrected chi connectivity index (χ1v) is 20.6. The number of carboxylic acids is 1. The van der Waals surface area contributed by atoms with Crippen LogP contribution >= 0.6 is 0 Å². The van der Waals surface area contributed by atoms with Crippen LogP contribution in [-0.4, -0.2) is 127 Å². The predicted molar refractivity (Wildman–Crippen MR) is 224 cm³/mol. The molecule has 0 unspecified atom stereocenters. The van der Waals surface area contributed by atoms with E-state index in [0.29, 0.717) is 122 Å². The van der Waals surface area contributed by atoms with Crippen LogP contribution in [0.1, 0.15) is 53.6 Å². The number of benzene rings is 4. The van der Waals surface area contributed by atoms with E-state index in [2.05, 4.69) is 17.4 Å². The monoisotopic (exact) mass is 852 g/mol. The Morgan fingerprint density at radius 3 is 1.69 bits per heavy atom. The maximum absolute atomic E-state index is 13.1. The minimum Gasteiger partial charge on any atom is -0.478 e. The lowest BCUT2D eigenvalue weighted by atomic mass is 9.87. The number of hydrogen-bond donors (Lipinski definition) is 2. The van der Waals surface area contributed by atoms with E-state index in [1.807, 2.05) is 29.2 Å². The molecule has 330 valence electrons. The smallest absolute Gasteiger partial charge is 0.416 e. The molecule has 2 amide bonds. The van der Waals surface area contributed by atoms with Crippen molar-refractivity contribution in [3.05, 3.63) is 95.6 Å². The number of nitrogens with zero attached hydrogens (tertiary/aromatic N) is 1. The molecule has 1 fully saturated rings. The zero-order chi connectivity index (χ0) is 43.5. The molecule has 0 aliphatic carbocycles. The Kier molecular flexibility index (Phi) is 19.0. The van der Waals surface area contributed by atoms with Crippen molar-refractivity contribution in [2.75, 3.05) is 98.9 Å². The zero-order valence-corrected chi connectivity index (χ0v) is 34.5. The van der Waals surface area contributed by atoms with Gasteiger partial charge in [-0.15, -0.1) is 0 Å². The summed E-state index contributed by atoms with van der Waals surface area (Å²) in [4.78, 5) is 37.6. The van der Waals surface area contributed by atoms with Gasteiger partial charge in [0.25, 0.3) is 0 Å². The number of carbonyl (C=O) groups is 3. The highest BCUT2D eigenvalue weighted by Crippen LogP contribution is 2.36. The van der Waals surface area contributed by atoms with E-state index >= 15 is 0 Å². The maximum atomic E-state index is 13.1. The number of rotatable bonds is 25. The Balaban J connectivity index is 0.943. The van der Waals surface area contributed by atoms with Crippen LogP contribution in [-0.2, 0) is 44.2 Å². The molecule has 15 heteroatoms. The molecular formula is C46H55F3N2O10. The summed E-state index contributed by atoms with van der Waals surface area (Å²) < 4.78 is 72.2. The number of nitrogens with one attached hydrogen (secondary N) is 1. The van der Waals surface area contributed by atoms with Gasteiger partial charge >= 0.3 is 12.1 Å². The van der Waals surface area contributed by atoms with Crippen molar-refractivity contribution in [1.82, 2.24) is 10.2 Å². The molecular weight excluding hydrogens is 798 g/mol. The third kappa shape index (κ3) is 15.5. The highest BCUT2D eigenvalue weighted by molar-refractivity contribution is 6.04. The fourth-order valence-corrected chi connectivity index (χ4v) is 6.98. The van der Waals surface area contributed by atoms with Gasteiger partial charge in [-0.3, -0.25) is 9.59 Å². The highest BCUT2D eigenvalue weighted by Gasteiger charge is 2.30. The topological polar surface area (TPSA) is 142 Å². The quantitative estimate of drug-likeness (QED) is 0.0657. The first kappa shape index (κ1) is 47.2. The first-order valence-electron chi connectivity index (χ1n) is 20.6. The van der Waals surface area contributed by atoms with Crippen LogP contribution in [0.4, 0.5) is 13.2 Å². The van der Waals surface area contributed by atoms with Crippen molar-refractivity contribution in [1.29, 1.82) is 0 Å². The molecule has 1 aliphatic heterocycles. The Labute approximate surface area is 354 Å². The number of likely N-dealkylation sites (tertiary alicyclic amines) is 1. The zero-order valence-electron chi connectivity index (χ0n) is 34.5. The van der Waals surface area contributed by atoms with Gasteiger partial charge in [-0.25, -0.2) is 4.79 Å². The molecule has 2 N–H and O–H groups in total. The van der Waals surface area contributed by atoms with Crippen molar-refractivity contribution >= 4 is 28.6 Å². The summed E-state index contributed by atoms with van der Waals surface area (Å²) in [6, 6.07) is 21.7. The van der Waals surface area contributed by atoms with Crippen LogP contribution in [0.15, 0.2) is 78.9 Å². The van der Waals surface area contributed by atoms with Gasteiger partial charge < -0.3 is 43.7 Å². The Bertz CT molecular complexity index is 1990. The Hall–Kier alpha value is -4.90. The van der Waals surface area contributed by atoms with Crippen molar-refractivity contribution in [3.8, 4) is 22.3 Å². The number of ether oxygens (including phenoxy) is 6. The van der Waals surface area contributed by atoms with Crippen LogP contribution in [0, 0.1) is 0 Å². The molecule has 1 heterocycles. The summed E-state index contributed by atoms with van der Waals surface area (Å²) in [5, 5.41) is 14.0. The van der Waals surface area contributed by atoms with Crippen LogP contribution in [0.25, 0.3) is 33.0 Å². The Morgan fingerprint density at radius 2 is 1.16 bits per heavy atom. The summed E-state index contributed by atoms with van der Waals surface area (Å²) in [5.41, 5.74) is 3.40. The second-order valence-electron chi connectivity index (χ2n) is 14.5. The molecule has 1 saturated heterocycles. The average molecular weight is 853 g/mol. The standard InChI is InChI=1S/C46H55F3N2O10/c1-33(52)50-15-19-57-21-23-59-25-27-61-29-28-60-26-24-58-22-20-56-18-14-44(53)51-16-12-36(13-17-51)34-2-4-37(5-3-34)43-32-40(45(54)55)31-39-30-38(8-11-42(39)43)35-6-9-41(10-7-35)46(47,48)49/h2-11,30-32,36H,12-29H2,1H3,(H,50,52)(H,54,55). The fraction of sp³-hybridized carbons (Fsp3) is 0.457. The molecule has 0 spiro atoms. The van der Waals surface area contributed by atoms with E-state index in [-0.39, 0.29) is 23.3 Å². The third-order valence-electron chi connectivity index (χ3n) is 10.2. The van der Waals surface area contributed by atoms with Crippen LogP contribution in [0.2, 0.25) is 0 Å². The molecule has 12 nitrogen and oxygen atoms in total. The summed E-state index contributed by atoms with van der Waals surface area (Å²) in [7, 11) is 0. The number of halogens is 3. The van der Waals surface area contributed by atoms with Crippen molar-refractivity contribution in [2.24, 2.45) is 0 Å². The maximum Gasteiger partial charge on any atom is 0.416 e. The lowest BCUT2D eigenvalue weighted by molar-refractivity contribution is -0.137. The molecule has 4 aromatic carbocycles. The molecule has 4 aromatic rings. The average Bonchev–Trinajstić information content (AvgIpc) is 3.26. The molecule has 0 atom stereocenters. The molecule has 61 heavy (non-hydrogen) atoms. The summed E-state index contributed by atoms with van der Waals surface area (Å²) in [6.45, 7) is 8.41. The summed E-state index contributed by atoms with van der Waals surface area (Å²) >= 11 is 0. The van der Waals surface area contributed by atoms with Crippen molar-refractivity contribution < 1.29 is 61.1 Å². The molecule has 0 bridgehead atoms. The molecule has 0 saturated carbocycles. The first-order chi connectivity index (χ1) is 29.5. The minimum atomic E-state index is -4.43. The predicted octanol–water partition coefficient (Wildman–Crippen LogP) is 7.22. The van der Waals surface area contributed by atoms with Crippen molar-refractivity contribution in [2.45, 2.75) is 38.3 Å². The number of fused-ring (bicyclic) bond motifs is 1. The molecule has 1 aliphatic rings. The second kappa shape index (κ2) is 24.5. The van der Waals surface area contributed by atoms with Gasteiger partial charge in [0, 0.05) is 26.6 Å². The fourth-order valence-electron chi connectivity index (χ4n) is 6.98. The van der Waals surface area contributed by atoms with E-state index in [4.69, 9.17) is 28.4 Å². The number of aromatic carboxylic acids is 1. The number of carbonyl (C=O) groups excluding carboxylic acids is 2.